The fraction of sp³-hybridized carbons (Fsp3) is 0.562. The molecule has 0 aromatic heterocycles. The molecule has 0 spiro atoms. The quantitative estimate of drug-likeness (QED) is 0.625. The highest BCUT2D eigenvalue weighted by Gasteiger charge is 2.57. The maximum Gasteiger partial charge on any atom is 0.225 e. The molecule has 1 heterocycles. The lowest BCUT2D eigenvalue weighted by molar-refractivity contribution is -0.162. The first-order valence-electron chi connectivity index (χ1n) is 7.21. The number of amides is 1. The smallest absolute Gasteiger partial charge is 0.225 e. The van der Waals surface area contributed by atoms with Crippen molar-refractivity contribution >= 4 is 14.1 Å². The Morgan fingerprint density at radius 2 is 1.70 bits per heavy atom. The van der Waals surface area contributed by atoms with Crippen molar-refractivity contribution in [1.82, 2.24) is 4.57 Å². The Labute approximate surface area is 123 Å². The zero-order valence-corrected chi connectivity index (χ0v) is 14.3. The molecule has 0 aliphatic carbocycles. The second-order valence-electron chi connectivity index (χ2n) is 7.13. The molecule has 1 amide bonds. The Kier molecular flexibility index (Phi) is 3.71. The summed E-state index contributed by atoms with van der Waals surface area (Å²) < 4.78 is 8.10. The molecule has 0 unspecified atom stereocenters. The van der Waals surface area contributed by atoms with E-state index >= 15 is 0 Å². The first kappa shape index (κ1) is 15.1. The Morgan fingerprint density at radius 1 is 1.15 bits per heavy atom. The van der Waals surface area contributed by atoms with Crippen molar-refractivity contribution in [3.05, 3.63) is 30.3 Å². The van der Waals surface area contributed by atoms with Crippen LogP contribution in [0, 0.1) is 5.92 Å². The van der Waals surface area contributed by atoms with Crippen LogP contribution in [0.5, 0.6) is 5.75 Å². The van der Waals surface area contributed by atoms with E-state index in [0.717, 1.165) is 5.75 Å². The minimum absolute atomic E-state index is 0.0515. The zero-order valence-electron chi connectivity index (χ0n) is 13.3. The predicted molar refractivity (Wildman–Crippen MR) is 84.1 cm³/mol. The fourth-order valence-electron chi connectivity index (χ4n) is 2.36. The lowest BCUT2D eigenvalue weighted by atomic mass is 10.0. The van der Waals surface area contributed by atoms with Crippen LogP contribution in [0.4, 0.5) is 0 Å². The monoisotopic (exact) mass is 291 g/mol. The van der Waals surface area contributed by atoms with Crippen molar-refractivity contribution in [2.45, 2.75) is 52.1 Å². The molecule has 110 valence electrons. The highest BCUT2D eigenvalue weighted by Crippen LogP contribution is 2.44. The van der Waals surface area contributed by atoms with Gasteiger partial charge in [0.25, 0.3) is 0 Å². The highest BCUT2D eigenvalue weighted by molar-refractivity contribution is 6.80. The third kappa shape index (κ3) is 2.37. The third-order valence-corrected chi connectivity index (χ3v) is 10.1. The summed E-state index contributed by atoms with van der Waals surface area (Å²) in [6.07, 6.45) is -0.120. The number of ether oxygens (including phenoxy) is 1. The number of β-lactam (4-membered cyclic amide) rings is 1. The number of nitrogens with zero attached hydrogens (tertiary/aromatic N) is 1. The minimum atomic E-state index is -1.88. The van der Waals surface area contributed by atoms with E-state index in [0.29, 0.717) is 0 Å². The topological polar surface area (TPSA) is 29.5 Å². The summed E-state index contributed by atoms with van der Waals surface area (Å²) in [5.74, 6) is 1.02. The van der Waals surface area contributed by atoms with Gasteiger partial charge < -0.3 is 9.30 Å². The van der Waals surface area contributed by atoms with E-state index in [1.807, 2.05) is 41.8 Å². The predicted octanol–water partition coefficient (Wildman–Crippen LogP) is 3.88. The number of hydrogen-bond acceptors (Lipinski definition) is 2. The second-order valence-corrected chi connectivity index (χ2v) is 12.2. The summed E-state index contributed by atoms with van der Waals surface area (Å²) >= 11 is 0. The summed E-state index contributed by atoms with van der Waals surface area (Å²) in [6, 6.07) is 9.76. The standard InChI is InChI=1S/C16H25NO2Si/c1-12-14(18)17(20(5,6)16(2,3)4)15(12)19-13-10-8-7-9-11-13/h7-12,15H,1-6H3/t12-,15+/m1/s1. The van der Waals surface area contributed by atoms with Gasteiger partial charge in [-0.2, -0.15) is 0 Å². The summed E-state index contributed by atoms with van der Waals surface area (Å²) in [5, 5.41) is 0.126. The maximum atomic E-state index is 12.3. The molecule has 1 aromatic rings. The molecule has 1 aliphatic heterocycles. The number of hydrogen-bond donors (Lipinski definition) is 0. The van der Waals surface area contributed by atoms with Gasteiger partial charge in [0.05, 0.1) is 5.92 Å². The molecule has 1 aromatic carbocycles. The molecule has 2 atom stereocenters. The Morgan fingerprint density at radius 3 is 2.20 bits per heavy atom. The lowest BCUT2D eigenvalue weighted by Crippen LogP contribution is -2.73. The van der Waals surface area contributed by atoms with Crippen molar-refractivity contribution in [2.75, 3.05) is 0 Å². The molecule has 0 saturated carbocycles. The van der Waals surface area contributed by atoms with Gasteiger partial charge >= 0.3 is 0 Å². The van der Waals surface area contributed by atoms with Gasteiger partial charge in [-0.3, -0.25) is 4.79 Å². The van der Waals surface area contributed by atoms with E-state index in [9.17, 15) is 4.79 Å². The molecule has 1 aliphatic rings. The van der Waals surface area contributed by atoms with Crippen LogP contribution in [0.15, 0.2) is 30.3 Å². The number of para-hydroxylation sites is 1. The van der Waals surface area contributed by atoms with Crippen molar-refractivity contribution in [3.63, 3.8) is 0 Å². The van der Waals surface area contributed by atoms with Gasteiger partial charge in [0.2, 0.25) is 5.91 Å². The first-order valence-corrected chi connectivity index (χ1v) is 10.2. The fourth-order valence-corrected chi connectivity index (χ4v) is 4.75. The average molecular weight is 291 g/mol. The Balaban J connectivity index is 2.22. The van der Waals surface area contributed by atoms with Crippen LogP contribution in [-0.4, -0.2) is 24.9 Å². The van der Waals surface area contributed by atoms with Crippen LogP contribution >= 0.6 is 0 Å². The molecule has 2 rings (SSSR count). The molecule has 1 fully saturated rings. The lowest BCUT2D eigenvalue weighted by Gasteiger charge is -2.56. The van der Waals surface area contributed by atoms with Gasteiger partial charge in [0, 0.05) is 0 Å². The SMILES string of the molecule is C[C@@H]1C(=O)N([Si](C)(C)C(C)(C)C)[C@H]1Oc1ccccc1. The van der Waals surface area contributed by atoms with Crippen molar-refractivity contribution in [3.8, 4) is 5.75 Å². The Hall–Kier alpha value is -1.29. The van der Waals surface area contributed by atoms with E-state index in [1.54, 1.807) is 0 Å². The summed E-state index contributed by atoms with van der Waals surface area (Å²) in [6.45, 7) is 13.1. The molecular formula is C16H25NO2Si. The van der Waals surface area contributed by atoms with E-state index < -0.39 is 8.24 Å². The minimum Gasteiger partial charge on any atom is -0.470 e. The number of rotatable bonds is 3. The van der Waals surface area contributed by atoms with Gasteiger partial charge in [-0.15, -0.1) is 0 Å². The van der Waals surface area contributed by atoms with E-state index in [4.69, 9.17) is 4.74 Å². The van der Waals surface area contributed by atoms with Gasteiger partial charge in [-0.25, -0.2) is 0 Å². The maximum absolute atomic E-state index is 12.3. The largest absolute Gasteiger partial charge is 0.470 e. The summed E-state index contributed by atoms with van der Waals surface area (Å²) in [5.41, 5.74) is 0. The molecule has 0 radical (unpaired) electrons. The molecular weight excluding hydrogens is 266 g/mol. The van der Waals surface area contributed by atoms with Crippen LogP contribution in [-0.2, 0) is 4.79 Å². The van der Waals surface area contributed by atoms with Gasteiger partial charge in [0.1, 0.15) is 5.75 Å². The van der Waals surface area contributed by atoms with Crippen LogP contribution in [0.3, 0.4) is 0 Å². The van der Waals surface area contributed by atoms with Crippen molar-refractivity contribution in [1.29, 1.82) is 0 Å². The summed E-state index contributed by atoms with van der Waals surface area (Å²) in [7, 11) is -1.88. The van der Waals surface area contributed by atoms with Crippen LogP contribution < -0.4 is 4.74 Å². The Bertz CT molecular complexity index is 493. The average Bonchev–Trinajstić information content (AvgIpc) is 2.37. The van der Waals surface area contributed by atoms with Crippen molar-refractivity contribution in [2.24, 2.45) is 5.92 Å². The molecule has 1 saturated heterocycles. The van der Waals surface area contributed by atoms with Crippen LogP contribution in [0.1, 0.15) is 27.7 Å². The van der Waals surface area contributed by atoms with Gasteiger partial charge in [-0.1, -0.05) is 52.1 Å². The summed E-state index contributed by atoms with van der Waals surface area (Å²) in [4.78, 5) is 12.3. The molecule has 4 heteroatoms. The van der Waals surface area contributed by atoms with Crippen LogP contribution in [0.2, 0.25) is 18.1 Å². The highest BCUT2D eigenvalue weighted by atomic mass is 28.3. The number of carbonyl (C=O) groups is 1. The molecule has 0 N–H and O–H groups in total. The number of carbonyl (C=O) groups excluding carboxylic acids is 1. The third-order valence-electron chi connectivity index (χ3n) is 4.75. The first-order chi connectivity index (χ1) is 9.16. The molecule has 0 bridgehead atoms. The zero-order chi connectivity index (χ0) is 15.1. The second kappa shape index (κ2) is 4.92. The molecule has 3 nitrogen and oxygen atoms in total. The van der Waals surface area contributed by atoms with Crippen molar-refractivity contribution < 1.29 is 9.53 Å². The van der Waals surface area contributed by atoms with Gasteiger partial charge in [0.15, 0.2) is 14.5 Å². The van der Waals surface area contributed by atoms with Gasteiger partial charge in [-0.05, 0) is 24.1 Å². The molecule has 20 heavy (non-hydrogen) atoms. The van der Waals surface area contributed by atoms with E-state index in [2.05, 4.69) is 33.9 Å². The number of benzene rings is 1. The van der Waals surface area contributed by atoms with E-state index in [1.165, 1.54) is 0 Å². The van der Waals surface area contributed by atoms with E-state index in [-0.39, 0.29) is 23.1 Å². The normalized spacial score (nSPS) is 23.5. The van der Waals surface area contributed by atoms with Crippen LogP contribution in [0.25, 0.3) is 0 Å².